The van der Waals surface area contributed by atoms with Gasteiger partial charge in [0.1, 0.15) is 12.2 Å². The first-order valence-corrected chi connectivity index (χ1v) is 10.4. The maximum atomic E-state index is 4.78. The van der Waals surface area contributed by atoms with Gasteiger partial charge in [0.25, 0.3) is 5.65 Å². The van der Waals surface area contributed by atoms with E-state index in [0.29, 0.717) is 0 Å². The van der Waals surface area contributed by atoms with Gasteiger partial charge >= 0.3 is 5.82 Å². The fourth-order valence-electron chi connectivity index (χ4n) is 4.89. The van der Waals surface area contributed by atoms with Crippen molar-refractivity contribution in [1.82, 2.24) is 19.1 Å². The third-order valence-electron chi connectivity index (χ3n) is 6.13. The van der Waals surface area contributed by atoms with Crippen molar-refractivity contribution >= 4 is 22.1 Å². The minimum Gasteiger partial charge on any atom is -0.273 e. The number of hydrogen-bond acceptors (Lipinski definition) is 2. The van der Waals surface area contributed by atoms with E-state index in [2.05, 4.69) is 91.5 Å². The standard InChI is InChI=1S/C26H18N5/c1-3-9-19(10-4-1)30-22-13-15-27-16-21(22)24-26(30)31(20-11-5-2-6-12-20)25-23-18(17-29(24)25)8-7-14-28-23/h1-16H,17H2/q+1. The minimum absolute atomic E-state index is 0.803. The normalized spacial score (nSPS) is 12.4. The maximum Gasteiger partial charge on any atom is 0.315 e. The van der Waals surface area contributed by atoms with Crippen molar-refractivity contribution in [3.05, 3.63) is 103 Å². The minimum atomic E-state index is 0.803. The molecule has 6 aromatic rings. The van der Waals surface area contributed by atoms with Crippen molar-refractivity contribution in [2.75, 3.05) is 0 Å². The van der Waals surface area contributed by atoms with Gasteiger partial charge in [-0.15, -0.1) is 0 Å². The first-order chi connectivity index (χ1) is 15.4. The summed E-state index contributed by atoms with van der Waals surface area (Å²) in [5.41, 5.74) is 8.00. The van der Waals surface area contributed by atoms with E-state index < -0.39 is 0 Å². The molecule has 0 amide bonds. The second-order valence-electron chi connectivity index (χ2n) is 7.83. The van der Waals surface area contributed by atoms with Gasteiger partial charge in [-0.1, -0.05) is 42.5 Å². The second kappa shape index (κ2) is 6.12. The van der Waals surface area contributed by atoms with Crippen LogP contribution in [0.25, 0.3) is 45.0 Å². The Labute approximate surface area is 178 Å². The lowest BCUT2D eigenvalue weighted by atomic mass is 10.2. The molecule has 2 aromatic carbocycles. The van der Waals surface area contributed by atoms with Gasteiger partial charge in [0, 0.05) is 29.8 Å². The summed E-state index contributed by atoms with van der Waals surface area (Å²) < 4.78 is 7.08. The molecule has 4 aromatic heterocycles. The number of aromatic nitrogens is 5. The SMILES string of the molecule is c1ccc(-n2c3[n+](c4c5cnccc5n(-c5ccccc5)c42)Cc2cccnc2-3)cc1. The molecule has 0 N–H and O–H groups in total. The molecule has 0 saturated heterocycles. The molecular weight excluding hydrogens is 382 g/mol. The molecule has 0 atom stereocenters. The van der Waals surface area contributed by atoms with E-state index in [-0.39, 0.29) is 0 Å². The number of fused-ring (bicyclic) bond motifs is 7. The average Bonchev–Trinajstić information content (AvgIpc) is 3.46. The lowest BCUT2D eigenvalue weighted by Crippen LogP contribution is -2.31. The lowest BCUT2D eigenvalue weighted by Gasteiger charge is -2.08. The molecule has 31 heavy (non-hydrogen) atoms. The predicted octanol–water partition coefficient (Wildman–Crippen LogP) is 4.68. The highest BCUT2D eigenvalue weighted by molar-refractivity contribution is 6.05. The topological polar surface area (TPSA) is 39.5 Å². The lowest BCUT2D eigenvalue weighted by molar-refractivity contribution is -0.645. The zero-order chi connectivity index (χ0) is 20.4. The Morgan fingerprint density at radius 2 is 1.48 bits per heavy atom. The summed E-state index contributed by atoms with van der Waals surface area (Å²) in [6.45, 7) is 0.803. The summed E-state index contributed by atoms with van der Waals surface area (Å²) in [5.74, 6) is 1.11. The van der Waals surface area contributed by atoms with Gasteiger partial charge in [-0.3, -0.25) is 9.55 Å². The number of hydrogen-bond donors (Lipinski definition) is 0. The summed E-state index contributed by atoms with van der Waals surface area (Å²) in [6, 6.07) is 27.4. The zero-order valence-electron chi connectivity index (χ0n) is 16.7. The van der Waals surface area contributed by atoms with E-state index in [0.717, 1.165) is 46.0 Å². The van der Waals surface area contributed by atoms with E-state index in [1.165, 1.54) is 11.1 Å². The fraction of sp³-hybridized carbons (Fsp3) is 0.0385. The van der Waals surface area contributed by atoms with Crippen molar-refractivity contribution in [3.8, 4) is 22.9 Å². The Morgan fingerprint density at radius 3 is 2.26 bits per heavy atom. The Hall–Kier alpha value is -4.25. The third-order valence-corrected chi connectivity index (χ3v) is 6.13. The van der Waals surface area contributed by atoms with Gasteiger partial charge in [-0.25, -0.2) is 9.55 Å². The Balaban J connectivity index is 1.74. The van der Waals surface area contributed by atoms with Crippen LogP contribution in [0.4, 0.5) is 0 Å². The summed E-state index contributed by atoms with van der Waals surface area (Å²) in [4.78, 5) is 9.25. The number of nitrogens with zero attached hydrogens (tertiary/aromatic N) is 5. The van der Waals surface area contributed by atoms with Crippen LogP contribution < -0.4 is 4.57 Å². The molecule has 0 bridgehead atoms. The molecule has 5 heteroatoms. The van der Waals surface area contributed by atoms with Gasteiger partial charge in [0.15, 0.2) is 5.69 Å². The number of para-hydroxylation sites is 2. The van der Waals surface area contributed by atoms with Crippen molar-refractivity contribution in [2.45, 2.75) is 6.54 Å². The molecular formula is C26H18N5+. The highest BCUT2D eigenvalue weighted by Gasteiger charge is 2.39. The highest BCUT2D eigenvalue weighted by Crippen LogP contribution is 2.38. The van der Waals surface area contributed by atoms with Gasteiger partial charge < -0.3 is 0 Å². The molecule has 5 nitrogen and oxygen atoms in total. The van der Waals surface area contributed by atoms with Crippen LogP contribution in [0.1, 0.15) is 5.56 Å². The molecule has 1 aliphatic rings. The van der Waals surface area contributed by atoms with E-state index >= 15 is 0 Å². The van der Waals surface area contributed by atoms with Crippen molar-refractivity contribution < 1.29 is 4.57 Å². The summed E-state index contributed by atoms with van der Waals surface area (Å²) in [6.07, 6.45) is 5.73. The molecule has 7 rings (SSSR count). The molecule has 0 radical (unpaired) electrons. The Bertz CT molecular complexity index is 1590. The molecule has 1 aliphatic heterocycles. The van der Waals surface area contributed by atoms with Crippen LogP contribution in [-0.2, 0) is 6.54 Å². The van der Waals surface area contributed by atoms with Gasteiger partial charge in [0.2, 0.25) is 5.52 Å². The Morgan fingerprint density at radius 1 is 0.742 bits per heavy atom. The quantitative estimate of drug-likeness (QED) is 0.395. The molecule has 0 saturated carbocycles. The first-order valence-electron chi connectivity index (χ1n) is 10.4. The number of pyridine rings is 2. The van der Waals surface area contributed by atoms with Crippen molar-refractivity contribution in [2.24, 2.45) is 0 Å². The summed E-state index contributed by atoms with van der Waals surface area (Å²) in [5, 5.41) is 1.14. The van der Waals surface area contributed by atoms with E-state index in [4.69, 9.17) is 4.98 Å². The van der Waals surface area contributed by atoms with E-state index in [1.54, 1.807) is 0 Å². The highest BCUT2D eigenvalue weighted by atomic mass is 15.3. The zero-order valence-corrected chi connectivity index (χ0v) is 16.7. The van der Waals surface area contributed by atoms with E-state index in [1.807, 2.05) is 24.7 Å². The van der Waals surface area contributed by atoms with E-state index in [9.17, 15) is 0 Å². The van der Waals surface area contributed by atoms with Gasteiger partial charge in [-0.05, 0) is 36.4 Å². The molecule has 0 aliphatic carbocycles. The Kier molecular flexibility index (Phi) is 3.27. The van der Waals surface area contributed by atoms with Crippen LogP contribution in [-0.4, -0.2) is 19.1 Å². The smallest absolute Gasteiger partial charge is 0.273 e. The summed E-state index contributed by atoms with van der Waals surface area (Å²) >= 11 is 0. The van der Waals surface area contributed by atoms with Crippen LogP contribution in [0, 0.1) is 0 Å². The van der Waals surface area contributed by atoms with Gasteiger partial charge in [0.05, 0.1) is 10.9 Å². The number of rotatable bonds is 2. The van der Waals surface area contributed by atoms with Crippen LogP contribution in [0.5, 0.6) is 0 Å². The summed E-state index contributed by atoms with van der Waals surface area (Å²) in [7, 11) is 0. The maximum absolute atomic E-state index is 4.78. The monoisotopic (exact) mass is 400 g/mol. The van der Waals surface area contributed by atoms with Crippen LogP contribution >= 0.6 is 0 Å². The van der Waals surface area contributed by atoms with Crippen LogP contribution in [0.3, 0.4) is 0 Å². The average molecular weight is 400 g/mol. The van der Waals surface area contributed by atoms with Crippen LogP contribution in [0.15, 0.2) is 97.5 Å². The van der Waals surface area contributed by atoms with Crippen molar-refractivity contribution in [1.29, 1.82) is 0 Å². The largest absolute Gasteiger partial charge is 0.315 e. The molecule has 5 heterocycles. The fourth-order valence-corrected chi connectivity index (χ4v) is 4.89. The predicted molar refractivity (Wildman–Crippen MR) is 120 cm³/mol. The number of benzene rings is 2. The third kappa shape index (κ3) is 2.17. The van der Waals surface area contributed by atoms with Crippen molar-refractivity contribution in [3.63, 3.8) is 0 Å². The second-order valence-corrected chi connectivity index (χ2v) is 7.83. The molecule has 0 fully saturated rings. The van der Waals surface area contributed by atoms with Crippen LogP contribution in [0.2, 0.25) is 0 Å². The number of imidazole rings is 1. The first kappa shape index (κ1) is 16.5. The molecule has 146 valence electrons. The molecule has 0 spiro atoms. The van der Waals surface area contributed by atoms with Gasteiger partial charge in [-0.2, -0.15) is 4.57 Å². The molecule has 0 unspecified atom stereocenters.